The summed E-state index contributed by atoms with van der Waals surface area (Å²) in [5.74, 6) is 0. The van der Waals surface area contributed by atoms with Gasteiger partial charge >= 0.3 is 0 Å². The molecular weight excluding hydrogens is 220 g/mol. The zero-order valence-corrected chi connectivity index (χ0v) is 10.2. The Bertz CT molecular complexity index is 693. The number of aromatic nitrogens is 2. The summed E-state index contributed by atoms with van der Waals surface area (Å²) in [6.07, 6.45) is 7.87. The zero-order valence-electron chi connectivity index (χ0n) is 10.2. The van der Waals surface area contributed by atoms with Crippen LogP contribution in [0.4, 0.5) is 0 Å². The summed E-state index contributed by atoms with van der Waals surface area (Å²) in [4.78, 5) is 7.39. The lowest BCUT2D eigenvalue weighted by molar-refractivity contribution is 1.31. The van der Waals surface area contributed by atoms with E-state index in [1.54, 1.807) is 0 Å². The Morgan fingerprint density at radius 1 is 1.11 bits per heavy atom. The van der Waals surface area contributed by atoms with Crippen LogP contribution in [0.5, 0.6) is 0 Å². The quantitative estimate of drug-likeness (QED) is 0.713. The monoisotopic (exact) mass is 234 g/mol. The van der Waals surface area contributed by atoms with Gasteiger partial charge in [0.1, 0.15) is 0 Å². The fourth-order valence-electron chi connectivity index (χ4n) is 2.30. The van der Waals surface area contributed by atoms with Crippen LogP contribution in [0.1, 0.15) is 18.1 Å². The Morgan fingerprint density at radius 3 is 2.67 bits per heavy atom. The predicted octanol–water partition coefficient (Wildman–Crippen LogP) is 4.01. The first-order valence-corrected chi connectivity index (χ1v) is 6.03. The third-order valence-corrected chi connectivity index (χ3v) is 3.16. The van der Waals surface area contributed by atoms with Gasteiger partial charge in [0.2, 0.25) is 0 Å². The van der Waals surface area contributed by atoms with E-state index in [-0.39, 0.29) is 0 Å². The number of nitrogens with one attached hydrogen (secondary N) is 1. The normalized spacial score (nSPS) is 11.9. The maximum Gasteiger partial charge on any atom is 0.0460 e. The third kappa shape index (κ3) is 1.72. The minimum atomic E-state index is 1.17. The standard InChI is InChI=1S/C16H14N2/c1-2-13(12-7-9-17-10-8-12)15-11-18-16-6-4-3-5-14(15)16/h2-11,18H,1H3/b13-2-. The first-order valence-electron chi connectivity index (χ1n) is 6.03. The molecule has 0 amide bonds. The van der Waals surface area contributed by atoms with Crippen LogP contribution in [0.2, 0.25) is 0 Å². The highest BCUT2D eigenvalue weighted by molar-refractivity contribution is 5.96. The Morgan fingerprint density at radius 2 is 1.89 bits per heavy atom. The lowest BCUT2D eigenvalue weighted by Gasteiger charge is -2.05. The molecule has 0 fully saturated rings. The van der Waals surface area contributed by atoms with E-state index in [4.69, 9.17) is 0 Å². The van der Waals surface area contributed by atoms with Gasteiger partial charge in [-0.2, -0.15) is 0 Å². The molecule has 3 aromatic rings. The fraction of sp³-hybridized carbons (Fsp3) is 0.0625. The van der Waals surface area contributed by atoms with E-state index in [0.29, 0.717) is 0 Å². The van der Waals surface area contributed by atoms with Crippen molar-refractivity contribution in [3.05, 3.63) is 72.2 Å². The van der Waals surface area contributed by atoms with Gasteiger partial charge in [-0.3, -0.25) is 4.98 Å². The minimum Gasteiger partial charge on any atom is -0.361 e. The molecule has 0 aliphatic heterocycles. The number of H-pyrrole nitrogens is 1. The molecule has 2 nitrogen and oxygen atoms in total. The lowest BCUT2D eigenvalue weighted by Crippen LogP contribution is -1.86. The second-order valence-corrected chi connectivity index (χ2v) is 4.19. The molecule has 2 heterocycles. The summed E-state index contributed by atoms with van der Waals surface area (Å²) in [7, 11) is 0. The lowest BCUT2D eigenvalue weighted by atomic mass is 9.98. The highest BCUT2D eigenvalue weighted by Gasteiger charge is 2.09. The van der Waals surface area contributed by atoms with Crippen molar-refractivity contribution in [3.8, 4) is 0 Å². The van der Waals surface area contributed by atoms with Crippen LogP contribution in [0.3, 0.4) is 0 Å². The third-order valence-electron chi connectivity index (χ3n) is 3.16. The number of hydrogen-bond acceptors (Lipinski definition) is 1. The highest BCUT2D eigenvalue weighted by Crippen LogP contribution is 2.29. The van der Waals surface area contributed by atoms with Crippen molar-refractivity contribution in [2.75, 3.05) is 0 Å². The fourth-order valence-corrected chi connectivity index (χ4v) is 2.30. The number of fused-ring (bicyclic) bond motifs is 1. The van der Waals surface area contributed by atoms with Crippen LogP contribution in [-0.2, 0) is 0 Å². The van der Waals surface area contributed by atoms with Gasteiger partial charge in [0, 0.05) is 35.1 Å². The van der Waals surface area contributed by atoms with E-state index in [9.17, 15) is 0 Å². The van der Waals surface area contributed by atoms with E-state index >= 15 is 0 Å². The highest BCUT2D eigenvalue weighted by atomic mass is 14.7. The summed E-state index contributed by atoms with van der Waals surface area (Å²) in [5.41, 5.74) is 4.83. The zero-order chi connectivity index (χ0) is 12.4. The minimum absolute atomic E-state index is 1.17. The van der Waals surface area contributed by atoms with Crippen LogP contribution >= 0.6 is 0 Å². The predicted molar refractivity (Wildman–Crippen MR) is 75.3 cm³/mol. The summed E-state index contributed by atoms with van der Waals surface area (Å²) < 4.78 is 0. The van der Waals surface area contributed by atoms with E-state index in [0.717, 1.165) is 0 Å². The molecule has 88 valence electrons. The van der Waals surface area contributed by atoms with Gasteiger partial charge in [0.15, 0.2) is 0 Å². The summed E-state index contributed by atoms with van der Waals surface area (Å²) >= 11 is 0. The van der Waals surface area contributed by atoms with Gasteiger partial charge in [-0.05, 0) is 36.3 Å². The first kappa shape index (κ1) is 10.8. The topological polar surface area (TPSA) is 28.7 Å². The molecule has 18 heavy (non-hydrogen) atoms. The molecule has 0 radical (unpaired) electrons. The second-order valence-electron chi connectivity index (χ2n) is 4.19. The average molecular weight is 234 g/mol. The van der Waals surface area contributed by atoms with Gasteiger partial charge in [-0.1, -0.05) is 24.3 Å². The van der Waals surface area contributed by atoms with Crippen molar-refractivity contribution >= 4 is 16.5 Å². The van der Waals surface area contributed by atoms with Gasteiger partial charge in [0.05, 0.1) is 0 Å². The average Bonchev–Trinajstić information content (AvgIpc) is 2.85. The van der Waals surface area contributed by atoms with E-state index in [1.165, 1.54) is 27.6 Å². The van der Waals surface area contributed by atoms with Crippen LogP contribution in [0.15, 0.2) is 61.1 Å². The number of pyridine rings is 1. The number of para-hydroxylation sites is 1. The van der Waals surface area contributed by atoms with Crippen molar-refractivity contribution in [1.82, 2.24) is 9.97 Å². The number of allylic oxidation sites excluding steroid dienone is 1. The van der Waals surface area contributed by atoms with Crippen LogP contribution in [0, 0.1) is 0 Å². The molecule has 0 saturated heterocycles. The van der Waals surface area contributed by atoms with Crippen molar-refractivity contribution in [2.45, 2.75) is 6.92 Å². The SMILES string of the molecule is C/C=C(/c1ccncc1)c1c[nH]c2ccccc12. The van der Waals surface area contributed by atoms with Crippen LogP contribution in [-0.4, -0.2) is 9.97 Å². The van der Waals surface area contributed by atoms with Gasteiger partial charge in [-0.15, -0.1) is 0 Å². The molecule has 1 aromatic carbocycles. The van der Waals surface area contributed by atoms with Crippen molar-refractivity contribution in [2.24, 2.45) is 0 Å². The molecular formula is C16H14N2. The summed E-state index contributed by atoms with van der Waals surface area (Å²) in [6.45, 7) is 2.07. The molecule has 2 aromatic heterocycles. The van der Waals surface area contributed by atoms with Crippen molar-refractivity contribution in [3.63, 3.8) is 0 Å². The second kappa shape index (κ2) is 4.49. The molecule has 0 saturated carbocycles. The molecule has 3 rings (SSSR count). The molecule has 0 aliphatic rings. The Hall–Kier alpha value is -2.35. The Labute approximate surface area is 106 Å². The smallest absolute Gasteiger partial charge is 0.0460 e. The maximum absolute atomic E-state index is 4.07. The molecule has 1 N–H and O–H groups in total. The molecule has 0 atom stereocenters. The van der Waals surface area contributed by atoms with Gasteiger partial charge in [-0.25, -0.2) is 0 Å². The number of hydrogen-bond donors (Lipinski definition) is 1. The van der Waals surface area contributed by atoms with Crippen LogP contribution in [0.25, 0.3) is 16.5 Å². The molecule has 0 spiro atoms. The number of benzene rings is 1. The Kier molecular flexibility index (Phi) is 2.69. The maximum atomic E-state index is 4.07. The number of nitrogens with zero attached hydrogens (tertiary/aromatic N) is 1. The number of aromatic amines is 1. The molecule has 2 heteroatoms. The molecule has 0 bridgehead atoms. The largest absolute Gasteiger partial charge is 0.361 e. The van der Waals surface area contributed by atoms with Gasteiger partial charge in [0.25, 0.3) is 0 Å². The van der Waals surface area contributed by atoms with Gasteiger partial charge < -0.3 is 4.98 Å². The summed E-state index contributed by atoms with van der Waals surface area (Å²) in [6, 6.07) is 12.4. The van der Waals surface area contributed by atoms with E-state index in [2.05, 4.69) is 47.4 Å². The first-order chi connectivity index (χ1) is 8.90. The van der Waals surface area contributed by atoms with E-state index in [1.807, 2.05) is 30.6 Å². The van der Waals surface area contributed by atoms with Crippen molar-refractivity contribution in [1.29, 1.82) is 0 Å². The summed E-state index contributed by atoms with van der Waals surface area (Å²) in [5, 5.41) is 1.25. The van der Waals surface area contributed by atoms with Crippen molar-refractivity contribution < 1.29 is 0 Å². The molecule has 0 unspecified atom stereocenters. The number of rotatable bonds is 2. The van der Waals surface area contributed by atoms with Crippen LogP contribution < -0.4 is 0 Å². The molecule has 0 aliphatic carbocycles. The Balaban J connectivity index is 2.19. The van der Waals surface area contributed by atoms with E-state index < -0.39 is 0 Å².